The lowest BCUT2D eigenvalue weighted by Gasteiger charge is -2.22. The normalized spacial score (nSPS) is 14.5. The number of nitrogens with zero attached hydrogens (tertiary/aromatic N) is 1. The van der Waals surface area contributed by atoms with Gasteiger partial charge in [-0.05, 0) is 25.5 Å². The fourth-order valence-electron chi connectivity index (χ4n) is 1.56. The van der Waals surface area contributed by atoms with Crippen molar-refractivity contribution in [1.29, 1.82) is 0 Å². The third-order valence-electron chi connectivity index (χ3n) is 2.57. The van der Waals surface area contributed by atoms with Crippen LogP contribution < -0.4 is 5.73 Å². The van der Waals surface area contributed by atoms with Crippen molar-refractivity contribution in [3.05, 3.63) is 30.1 Å². The summed E-state index contributed by atoms with van der Waals surface area (Å²) in [5.41, 5.74) is 6.95. The Kier molecular flexibility index (Phi) is 6.77. The van der Waals surface area contributed by atoms with E-state index in [1.165, 1.54) is 0 Å². The third-order valence-corrected chi connectivity index (χ3v) is 2.57. The van der Waals surface area contributed by atoms with Crippen LogP contribution in [-0.2, 0) is 9.47 Å². The van der Waals surface area contributed by atoms with Gasteiger partial charge in [0.15, 0.2) is 0 Å². The molecule has 0 aliphatic carbocycles. The van der Waals surface area contributed by atoms with Crippen molar-refractivity contribution in [2.45, 2.75) is 32.4 Å². The molecule has 0 aromatic carbocycles. The van der Waals surface area contributed by atoms with E-state index in [-0.39, 0.29) is 12.1 Å². The molecule has 1 aromatic rings. The molecular formula is C13H22N2O2. The van der Waals surface area contributed by atoms with Crippen molar-refractivity contribution >= 4 is 0 Å². The molecule has 0 aliphatic rings. The second-order valence-corrected chi connectivity index (χ2v) is 3.82. The molecule has 0 radical (unpaired) electrons. The van der Waals surface area contributed by atoms with Gasteiger partial charge in [0.2, 0.25) is 0 Å². The van der Waals surface area contributed by atoms with Crippen LogP contribution in [0.4, 0.5) is 0 Å². The quantitative estimate of drug-likeness (QED) is 0.703. The summed E-state index contributed by atoms with van der Waals surface area (Å²) in [6.45, 7) is 5.86. The van der Waals surface area contributed by atoms with E-state index in [4.69, 9.17) is 15.2 Å². The number of ether oxygens (including phenoxy) is 2. The molecule has 0 fully saturated rings. The number of pyridine rings is 1. The predicted octanol–water partition coefficient (Wildman–Crippen LogP) is 1.91. The summed E-state index contributed by atoms with van der Waals surface area (Å²) >= 11 is 0. The maximum absolute atomic E-state index is 6.06. The van der Waals surface area contributed by atoms with Gasteiger partial charge >= 0.3 is 0 Å². The molecule has 0 spiro atoms. The van der Waals surface area contributed by atoms with E-state index >= 15 is 0 Å². The Hall–Kier alpha value is -0.970. The molecule has 2 atom stereocenters. The lowest BCUT2D eigenvalue weighted by atomic mass is 10.1. The molecule has 96 valence electrons. The van der Waals surface area contributed by atoms with Crippen molar-refractivity contribution in [2.24, 2.45) is 5.73 Å². The number of hydrogen-bond acceptors (Lipinski definition) is 4. The Morgan fingerprint density at radius 3 is 2.71 bits per heavy atom. The van der Waals surface area contributed by atoms with Crippen LogP contribution in [0.5, 0.6) is 0 Å². The zero-order valence-corrected chi connectivity index (χ0v) is 10.6. The largest absolute Gasteiger partial charge is 0.379 e. The predicted molar refractivity (Wildman–Crippen MR) is 67.7 cm³/mol. The highest BCUT2D eigenvalue weighted by Crippen LogP contribution is 2.19. The van der Waals surface area contributed by atoms with Gasteiger partial charge in [-0.1, -0.05) is 13.0 Å². The van der Waals surface area contributed by atoms with Crippen LogP contribution in [0.25, 0.3) is 0 Å². The van der Waals surface area contributed by atoms with Crippen LogP contribution in [-0.4, -0.2) is 30.8 Å². The van der Waals surface area contributed by atoms with Gasteiger partial charge in [-0.15, -0.1) is 0 Å². The number of aromatic nitrogens is 1. The molecule has 0 saturated heterocycles. The molecule has 0 amide bonds. The molecule has 0 saturated carbocycles. The first-order valence-electron chi connectivity index (χ1n) is 6.15. The minimum atomic E-state index is -0.151. The Labute approximate surface area is 103 Å². The van der Waals surface area contributed by atoms with Gasteiger partial charge in [0.1, 0.15) is 6.10 Å². The average molecular weight is 238 g/mol. The van der Waals surface area contributed by atoms with E-state index in [1.54, 1.807) is 6.20 Å². The maximum atomic E-state index is 6.06. The zero-order valence-electron chi connectivity index (χ0n) is 10.6. The van der Waals surface area contributed by atoms with Crippen LogP contribution in [0.15, 0.2) is 24.4 Å². The summed E-state index contributed by atoms with van der Waals surface area (Å²) in [6, 6.07) is 5.74. The summed E-state index contributed by atoms with van der Waals surface area (Å²) in [5, 5.41) is 0. The van der Waals surface area contributed by atoms with Crippen molar-refractivity contribution in [3.63, 3.8) is 0 Å². The lowest BCUT2D eigenvalue weighted by molar-refractivity contribution is -0.00739. The first-order chi connectivity index (χ1) is 8.29. The molecule has 1 rings (SSSR count). The lowest BCUT2D eigenvalue weighted by Crippen LogP contribution is -2.31. The van der Waals surface area contributed by atoms with Gasteiger partial charge in [-0.3, -0.25) is 4.98 Å². The van der Waals surface area contributed by atoms with Gasteiger partial charge in [0.05, 0.1) is 18.9 Å². The van der Waals surface area contributed by atoms with E-state index in [2.05, 4.69) is 4.98 Å². The average Bonchev–Trinajstić information content (AvgIpc) is 2.39. The van der Waals surface area contributed by atoms with E-state index in [1.807, 2.05) is 32.0 Å². The summed E-state index contributed by atoms with van der Waals surface area (Å²) < 4.78 is 11.0. The van der Waals surface area contributed by atoms with E-state index in [0.717, 1.165) is 12.1 Å². The Morgan fingerprint density at radius 1 is 1.29 bits per heavy atom. The zero-order chi connectivity index (χ0) is 12.5. The Bertz CT molecular complexity index is 293. The molecule has 1 heterocycles. The Morgan fingerprint density at radius 2 is 2.12 bits per heavy atom. The molecule has 2 N–H and O–H groups in total. The minimum Gasteiger partial charge on any atom is -0.379 e. The topological polar surface area (TPSA) is 57.4 Å². The first kappa shape index (κ1) is 14.1. The first-order valence-corrected chi connectivity index (χ1v) is 6.15. The maximum Gasteiger partial charge on any atom is 0.115 e. The van der Waals surface area contributed by atoms with Crippen LogP contribution in [0.2, 0.25) is 0 Å². The highest BCUT2D eigenvalue weighted by atomic mass is 16.5. The van der Waals surface area contributed by atoms with E-state index in [0.29, 0.717) is 19.8 Å². The fraction of sp³-hybridized carbons (Fsp3) is 0.615. The molecule has 0 bridgehead atoms. The minimum absolute atomic E-state index is 0.0356. The highest BCUT2D eigenvalue weighted by molar-refractivity contribution is 5.09. The molecule has 2 unspecified atom stereocenters. The van der Waals surface area contributed by atoms with Crippen LogP contribution in [0, 0.1) is 0 Å². The fourth-order valence-corrected chi connectivity index (χ4v) is 1.56. The molecular weight excluding hydrogens is 216 g/mol. The highest BCUT2D eigenvalue weighted by Gasteiger charge is 2.19. The van der Waals surface area contributed by atoms with Gasteiger partial charge in [0, 0.05) is 18.8 Å². The van der Waals surface area contributed by atoms with Crippen LogP contribution >= 0.6 is 0 Å². The summed E-state index contributed by atoms with van der Waals surface area (Å²) in [5.74, 6) is 0. The van der Waals surface area contributed by atoms with Crippen molar-refractivity contribution in [1.82, 2.24) is 4.98 Å². The summed E-state index contributed by atoms with van der Waals surface area (Å²) in [7, 11) is 0. The molecule has 1 aromatic heterocycles. The second kappa shape index (κ2) is 8.17. The molecule has 17 heavy (non-hydrogen) atoms. The van der Waals surface area contributed by atoms with Crippen molar-refractivity contribution in [3.8, 4) is 0 Å². The molecule has 0 aliphatic heterocycles. The van der Waals surface area contributed by atoms with Gasteiger partial charge < -0.3 is 15.2 Å². The van der Waals surface area contributed by atoms with Crippen molar-refractivity contribution in [2.75, 3.05) is 19.8 Å². The van der Waals surface area contributed by atoms with E-state index in [9.17, 15) is 0 Å². The standard InChI is InChI=1S/C13H22N2O2/c1-3-11(14)13(17-10-9-16-4-2)12-7-5-6-8-15-12/h5-8,11,13H,3-4,9-10,14H2,1-2H3. The Balaban J connectivity index is 2.55. The van der Waals surface area contributed by atoms with Crippen molar-refractivity contribution < 1.29 is 9.47 Å². The summed E-state index contributed by atoms with van der Waals surface area (Å²) in [6.07, 6.45) is 2.47. The SMILES string of the molecule is CCOCCOC(c1ccccn1)C(N)CC. The van der Waals surface area contributed by atoms with Gasteiger partial charge in [-0.25, -0.2) is 0 Å². The molecule has 4 heteroatoms. The summed E-state index contributed by atoms with van der Waals surface area (Å²) in [4.78, 5) is 4.30. The smallest absolute Gasteiger partial charge is 0.115 e. The van der Waals surface area contributed by atoms with Crippen LogP contribution in [0.3, 0.4) is 0 Å². The number of nitrogens with two attached hydrogens (primary N) is 1. The third kappa shape index (κ3) is 4.81. The van der Waals surface area contributed by atoms with Gasteiger partial charge in [-0.2, -0.15) is 0 Å². The number of hydrogen-bond donors (Lipinski definition) is 1. The number of rotatable bonds is 8. The van der Waals surface area contributed by atoms with E-state index < -0.39 is 0 Å². The van der Waals surface area contributed by atoms with Gasteiger partial charge in [0.25, 0.3) is 0 Å². The molecule has 4 nitrogen and oxygen atoms in total. The second-order valence-electron chi connectivity index (χ2n) is 3.82. The monoisotopic (exact) mass is 238 g/mol. The van der Waals surface area contributed by atoms with Crippen LogP contribution in [0.1, 0.15) is 32.1 Å².